The molecule has 1 aromatic heterocycles. The molecule has 0 aliphatic carbocycles. The first kappa shape index (κ1) is 10.4. The Morgan fingerprint density at radius 3 is 3.13 bits per heavy atom. The summed E-state index contributed by atoms with van der Waals surface area (Å²) in [7, 11) is 4.03. The number of nitrogens with one attached hydrogen (secondary N) is 1. The average molecular weight is 210 g/mol. The van der Waals surface area contributed by atoms with E-state index in [9.17, 15) is 0 Å². The van der Waals surface area contributed by atoms with Gasteiger partial charge in [0.1, 0.15) is 5.82 Å². The number of morpholine rings is 1. The molecular weight excluding hydrogens is 192 g/mol. The number of nitrogens with zero attached hydrogens (tertiary/aromatic N) is 3. The van der Waals surface area contributed by atoms with Gasteiger partial charge in [-0.2, -0.15) is 5.10 Å². The van der Waals surface area contributed by atoms with E-state index in [2.05, 4.69) is 22.4 Å². The second-order valence-electron chi connectivity index (χ2n) is 4.01. The van der Waals surface area contributed by atoms with Crippen molar-refractivity contribution in [3.8, 4) is 0 Å². The van der Waals surface area contributed by atoms with E-state index in [1.807, 2.05) is 19.3 Å². The van der Waals surface area contributed by atoms with Gasteiger partial charge in [-0.15, -0.1) is 0 Å². The molecule has 1 aliphatic heterocycles. The summed E-state index contributed by atoms with van der Waals surface area (Å²) in [4.78, 5) is 2.29. The second kappa shape index (κ2) is 4.63. The van der Waals surface area contributed by atoms with E-state index in [1.54, 1.807) is 4.68 Å². The van der Waals surface area contributed by atoms with Crippen molar-refractivity contribution in [2.75, 3.05) is 38.6 Å². The van der Waals surface area contributed by atoms with Crippen LogP contribution in [0.3, 0.4) is 0 Å². The fourth-order valence-corrected chi connectivity index (χ4v) is 1.72. The third-order valence-electron chi connectivity index (χ3n) is 2.57. The summed E-state index contributed by atoms with van der Waals surface area (Å²) in [6, 6.07) is 1.96. The van der Waals surface area contributed by atoms with Crippen LogP contribution >= 0.6 is 0 Å². The first-order valence-corrected chi connectivity index (χ1v) is 5.28. The van der Waals surface area contributed by atoms with Gasteiger partial charge in [0.05, 0.1) is 12.7 Å². The predicted octanol–water partition coefficient (Wildman–Crippen LogP) is 0.163. The molecule has 1 aliphatic rings. The Hall–Kier alpha value is -1.07. The van der Waals surface area contributed by atoms with Crippen molar-refractivity contribution in [1.29, 1.82) is 0 Å². The van der Waals surface area contributed by atoms with Crippen molar-refractivity contribution in [3.05, 3.63) is 12.3 Å². The number of ether oxygens (including phenoxy) is 1. The molecule has 15 heavy (non-hydrogen) atoms. The SMILES string of the molecule is CN1CCOC(CNc2ccn(C)n2)C1. The smallest absolute Gasteiger partial charge is 0.148 e. The molecule has 5 nitrogen and oxygen atoms in total. The van der Waals surface area contributed by atoms with Gasteiger partial charge in [-0.1, -0.05) is 0 Å². The topological polar surface area (TPSA) is 42.3 Å². The monoisotopic (exact) mass is 210 g/mol. The number of anilines is 1. The van der Waals surface area contributed by atoms with Crippen LogP contribution in [0.2, 0.25) is 0 Å². The van der Waals surface area contributed by atoms with Crippen LogP contribution in [0, 0.1) is 0 Å². The van der Waals surface area contributed by atoms with Gasteiger partial charge in [0.15, 0.2) is 0 Å². The maximum absolute atomic E-state index is 5.64. The average Bonchev–Trinajstić information content (AvgIpc) is 2.62. The number of rotatable bonds is 3. The second-order valence-corrected chi connectivity index (χ2v) is 4.01. The van der Waals surface area contributed by atoms with Crippen molar-refractivity contribution in [2.45, 2.75) is 6.10 Å². The maximum Gasteiger partial charge on any atom is 0.148 e. The standard InChI is InChI=1S/C10H18N4O/c1-13-5-6-15-9(8-13)7-11-10-3-4-14(2)12-10/h3-4,9H,5-8H2,1-2H3,(H,11,12). The zero-order valence-electron chi connectivity index (χ0n) is 9.31. The molecule has 2 heterocycles. The number of hydrogen-bond acceptors (Lipinski definition) is 4. The summed E-state index contributed by atoms with van der Waals surface area (Å²) in [5, 5.41) is 7.52. The van der Waals surface area contributed by atoms with Crippen molar-refractivity contribution in [3.63, 3.8) is 0 Å². The van der Waals surface area contributed by atoms with Crippen molar-refractivity contribution < 1.29 is 4.74 Å². The summed E-state index contributed by atoms with van der Waals surface area (Å²) in [5.41, 5.74) is 0. The minimum Gasteiger partial charge on any atom is -0.374 e. The molecule has 0 aromatic carbocycles. The molecule has 2 rings (SSSR count). The molecule has 0 saturated carbocycles. The molecule has 1 unspecified atom stereocenters. The number of aromatic nitrogens is 2. The molecule has 0 amide bonds. The highest BCUT2D eigenvalue weighted by Crippen LogP contribution is 2.05. The van der Waals surface area contributed by atoms with Crippen LogP contribution in [0.1, 0.15) is 0 Å². The Bertz CT molecular complexity index is 312. The Labute approximate surface area is 90.0 Å². The van der Waals surface area contributed by atoms with Crippen LogP contribution in [0.4, 0.5) is 5.82 Å². The van der Waals surface area contributed by atoms with Gasteiger partial charge in [-0.3, -0.25) is 4.68 Å². The Morgan fingerprint density at radius 1 is 1.60 bits per heavy atom. The molecule has 1 N–H and O–H groups in total. The van der Waals surface area contributed by atoms with E-state index in [1.165, 1.54) is 0 Å². The van der Waals surface area contributed by atoms with Gasteiger partial charge in [0.2, 0.25) is 0 Å². The quantitative estimate of drug-likeness (QED) is 0.772. The minimum atomic E-state index is 0.269. The third-order valence-corrected chi connectivity index (χ3v) is 2.57. The van der Waals surface area contributed by atoms with Crippen LogP contribution < -0.4 is 5.32 Å². The summed E-state index contributed by atoms with van der Waals surface area (Å²) >= 11 is 0. The molecule has 84 valence electrons. The lowest BCUT2D eigenvalue weighted by Gasteiger charge is -2.30. The van der Waals surface area contributed by atoms with Crippen molar-refractivity contribution in [2.24, 2.45) is 7.05 Å². The lowest BCUT2D eigenvalue weighted by atomic mass is 10.3. The summed E-state index contributed by atoms with van der Waals surface area (Å²) in [6.45, 7) is 3.66. The summed E-state index contributed by atoms with van der Waals surface area (Å²) in [6.07, 6.45) is 2.20. The van der Waals surface area contributed by atoms with Gasteiger partial charge in [0.25, 0.3) is 0 Å². The Kier molecular flexibility index (Phi) is 3.23. The molecule has 0 bridgehead atoms. The molecule has 5 heteroatoms. The fraction of sp³-hybridized carbons (Fsp3) is 0.700. The molecule has 1 atom stereocenters. The van der Waals surface area contributed by atoms with E-state index in [-0.39, 0.29) is 6.10 Å². The molecule has 0 radical (unpaired) electrons. The van der Waals surface area contributed by atoms with E-state index in [0.29, 0.717) is 0 Å². The predicted molar refractivity (Wildman–Crippen MR) is 58.9 cm³/mol. The largest absolute Gasteiger partial charge is 0.374 e. The first-order chi connectivity index (χ1) is 7.24. The van der Waals surface area contributed by atoms with Crippen LogP contribution in [-0.2, 0) is 11.8 Å². The number of likely N-dealkylation sites (N-methyl/N-ethyl adjacent to an activating group) is 1. The van der Waals surface area contributed by atoms with Crippen molar-refractivity contribution >= 4 is 5.82 Å². The molecule has 1 aromatic rings. The number of hydrogen-bond donors (Lipinski definition) is 1. The highest BCUT2D eigenvalue weighted by molar-refractivity contribution is 5.32. The lowest BCUT2D eigenvalue weighted by molar-refractivity contribution is -0.0117. The Balaban J connectivity index is 1.77. The Morgan fingerprint density at radius 2 is 2.47 bits per heavy atom. The zero-order chi connectivity index (χ0) is 10.7. The van der Waals surface area contributed by atoms with E-state index in [4.69, 9.17) is 4.74 Å². The summed E-state index contributed by atoms with van der Waals surface area (Å²) < 4.78 is 7.43. The van der Waals surface area contributed by atoms with Gasteiger partial charge in [0, 0.05) is 38.9 Å². The summed E-state index contributed by atoms with van der Waals surface area (Å²) in [5.74, 6) is 0.911. The van der Waals surface area contributed by atoms with Gasteiger partial charge >= 0.3 is 0 Å². The molecule has 0 spiro atoms. The van der Waals surface area contributed by atoms with E-state index < -0.39 is 0 Å². The van der Waals surface area contributed by atoms with Crippen LogP contribution in [0.25, 0.3) is 0 Å². The van der Waals surface area contributed by atoms with Crippen LogP contribution in [-0.4, -0.2) is 54.1 Å². The lowest BCUT2D eigenvalue weighted by Crippen LogP contribution is -2.43. The molecule has 1 saturated heterocycles. The maximum atomic E-state index is 5.64. The minimum absolute atomic E-state index is 0.269. The van der Waals surface area contributed by atoms with Crippen molar-refractivity contribution in [1.82, 2.24) is 14.7 Å². The van der Waals surface area contributed by atoms with Gasteiger partial charge < -0.3 is 15.0 Å². The van der Waals surface area contributed by atoms with Gasteiger partial charge in [-0.05, 0) is 7.05 Å². The highest BCUT2D eigenvalue weighted by Gasteiger charge is 2.17. The third kappa shape index (κ3) is 2.94. The van der Waals surface area contributed by atoms with Gasteiger partial charge in [-0.25, -0.2) is 0 Å². The van der Waals surface area contributed by atoms with E-state index >= 15 is 0 Å². The first-order valence-electron chi connectivity index (χ1n) is 5.28. The normalized spacial score (nSPS) is 22.9. The molecule has 1 fully saturated rings. The highest BCUT2D eigenvalue weighted by atomic mass is 16.5. The zero-order valence-corrected chi connectivity index (χ0v) is 9.31. The number of aryl methyl sites for hydroxylation is 1. The van der Waals surface area contributed by atoms with Crippen LogP contribution in [0.15, 0.2) is 12.3 Å². The fourth-order valence-electron chi connectivity index (χ4n) is 1.72. The van der Waals surface area contributed by atoms with E-state index in [0.717, 1.165) is 32.1 Å². The van der Waals surface area contributed by atoms with Crippen LogP contribution in [0.5, 0.6) is 0 Å². The molecular formula is C10H18N4O.